The highest BCUT2D eigenvalue weighted by Gasteiger charge is 2.33. The minimum atomic E-state index is 0.301. The van der Waals surface area contributed by atoms with Crippen molar-refractivity contribution in [1.29, 1.82) is 0 Å². The lowest BCUT2D eigenvalue weighted by atomic mass is 9.90. The molecule has 0 fully saturated rings. The molecule has 33 heavy (non-hydrogen) atoms. The predicted octanol–water partition coefficient (Wildman–Crippen LogP) is 5.41. The third-order valence-corrected chi connectivity index (χ3v) is 5.61. The summed E-state index contributed by atoms with van der Waals surface area (Å²) in [4.78, 5) is 15.4. The third-order valence-electron chi connectivity index (χ3n) is 5.61. The molecule has 3 aromatic rings. The molecule has 0 saturated heterocycles. The standard InChI is InChI=1S/C11H14N2O.C10H9N3.C3H8O.C2H6/c1-7-12-9-4-5-10-8(11(9)13-7)3-2-6-14-10;1-6-12-9-3-2-8-7(4-5-11-8)10(9)13-6;1-3-4-2;1-2/h4-5,9,11H,2-3,6H2,1H3,(H,12,13);2-5,11H,1H3,(H,12,13);3H2,1-2H3;1-2H3. The predicted molar refractivity (Wildman–Crippen MR) is 137 cm³/mol. The molecule has 1 aliphatic carbocycles. The Balaban J connectivity index is 0.000000151. The van der Waals surface area contributed by atoms with Crippen LogP contribution in [0.3, 0.4) is 0 Å². The van der Waals surface area contributed by atoms with E-state index in [-0.39, 0.29) is 0 Å². The van der Waals surface area contributed by atoms with E-state index in [0.29, 0.717) is 12.1 Å². The van der Waals surface area contributed by atoms with Crippen molar-refractivity contribution in [2.45, 2.75) is 59.5 Å². The SMILES string of the molecule is CC.CC1=NC2C3=C(C=CC2N1)OCCC3.CCOC.Cc1nc2c(ccc3[nH]ccc32)[nH]1. The van der Waals surface area contributed by atoms with Crippen LogP contribution in [0.2, 0.25) is 0 Å². The zero-order valence-corrected chi connectivity index (χ0v) is 20.7. The number of H-pyrrole nitrogens is 2. The second-order valence-corrected chi connectivity index (χ2v) is 7.83. The van der Waals surface area contributed by atoms with Crippen LogP contribution in [0.5, 0.6) is 0 Å². The second kappa shape index (κ2) is 11.7. The van der Waals surface area contributed by atoms with Gasteiger partial charge in [-0.3, -0.25) is 4.99 Å². The van der Waals surface area contributed by atoms with Crippen LogP contribution in [-0.2, 0) is 9.47 Å². The zero-order valence-electron chi connectivity index (χ0n) is 20.7. The summed E-state index contributed by atoms with van der Waals surface area (Å²) >= 11 is 0. The van der Waals surface area contributed by atoms with Gasteiger partial charge in [-0.15, -0.1) is 0 Å². The van der Waals surface area contributed by atoms with Gasteiger partial charge >= 0.3 is 0 Å². The van der Waals surface area contributed by atoms with Crippen molar-refractivity contribution >= 4 is 27.8 Å². The maximum Gasteiger partial charge on any atom is 0.120 e. The first-order valence-electron chi connectivity index (χ1n) is 11.9. The Bertz CT molecular complexity index is 1140. The molecular formula is C26H37N5O2. The van der Waals surface area contributed by atoms with Gasteiger partial charge in [0.15, 0.2) is 0 Å². The van der Waals surface area contributed by atoms with Crippen molar-refractivity contribution in [3.05, 3.63) is 53.7 Å². The average Bonchev–Trinajstić information content (AvgIpc) is 3.57. The van der Waals surface area contributed by atoms with E-state index in [4.69, 9.17) is 4.74 Å². The maximum absolute atomic E-state index is 5.62. The summed E-state index contributed by atoms with van der Waals surface area (Å²) in [5.41, 5.74) is 4.67. The van der Waals surface area contributed by atoms with E-state index in [1.807, 2.05) is 46.9 Å². The second-order valence-electron chi connectivity index (χ2n) is 7.83. The van der Waals surface area contributed by atoms with E-state index in [0.717, 1.165) is 60.0 Å². The van der Waals surface area contributed by atoms with E-state index < -0.39 is 0 Å². The van der Waals surface area contributed by atoms with Gasteiger partial charge < -0.3 is 24.8 Å². The molecule has 0 saturated carbocycles. The number of nitrogens with one attached hydrogen (secondary N) is 3. The van der Waals surface area contributed by atoms with E-state index >= 15 is 0 Å². The monoisotopic (exact) mass is 451 g/mol. The number of ether oxygens (including phenoxy) is 2. The smallest absolute Gasteiger partial charge is 0.120 e. The molecule has 0 amide bonds. The summed E-state index contributed by atoms with van der Waals surface area (Å²) in [6.07, 6.45) is 8.46. The van der Waals surface area contributed by atoms with Gasteiger partial charge in [0, 0.05) is 30.8 Å². The molecular weight excluding hydrogens is 414 g/mol. The normalized spacial score (nSPS) is 20.1. The summed E-state index contributed by atoms with van der Waals surface area (Å²) in [6, 6.07) is 6.84. The Morgan fingerprint density at radius 2 is 1.91 bits per heavy atom. The number of amidine groups is 1. The first-order valence-corrected chi connectivity index (χ1v) is 11.9. The van der Waals surface area contributed by atoms with Crippen LogP contribution < -0.4 is 5.32 Å². The number of aromatic amines is 2. The quantitative estimate of drug-likeness (QED) is 0.462. The molecule has 0 bridgehead atoms. The van der Waals surface area contributed by atoms with Gasteiger partial charge in [-0.05, 0) is 63.5 Å². The number of aryl methyl sites for hydroxylation is 1. The van der Waals surface area contributed by atoms with Crippen molar-refractivity contribution in [1.82, 2.24) is 20.3 Å². The minimum Gasteiger partial charge on any atom is -0.494 e. The molecule has 6 rings (SSSR count). The number of methoxy groups -OCH3 is 1. The van der Waals surface area contributed by atoms with Crippen molar-refractivity contribution < 1.29 is 9.47 Å². The van der Waals surface area contributed by atoms with Crippen molar-refractivity contribution in [2.75, 3.05) is 20.3 Å². The lowest BCUT2D eigenvalue weighted by molar-refractivity contribution is 0.193. The molecule has 3 aliphatic rings. The van der Waals surface area contributed by atoms with Crippen LogP contribution in [-0.4, -0.2) is 53.2 Å². The van der Waals surface area contributed by atoms with Crippen LogP contribution in [0.1, 0.15) is 46.4 Å². The highest BCUT2D eigenvalue weighted by Crippen LogP contribution is 2.32. The molecule has 2 aromatic heterocycles. The Morgan fingerprint density at radius 1 is 1.15 bits per heavy atom. The molecule has 7 heteroatoms. The van der Waals surface area contributed by atoms with Crippen LogP contribution in [0.4, 0.5) is 0 Å². The van der Waals surface area contributed by atoms with Crippen molar-refractivity contribution in [3.63, 3.8) is 0 Å². The lowest BCUT2D eigenvalue weighted by Crippen LogP contribution is -2.36. The molecule has 4 heterocycles. The van der Waals surface area contributed by atoms with Gasteiger partial charge in [-0.2, -0.15) is 0 Å². The van der Waals surface area contributed by atoms with E-state index in [2.05, 4.69) is 54.3 Å². The van der Waals surface area contributed by atoms with Gasteiger partial charge in [0.05, 0.1) is 29.5 Å². The molecule has 7 nitrogen and oxygen atoms in total. The van der Waals surface area contributed by atoms with Gasteiger partial charge in [-0.1, -0.05) is 19.9 Å². The third kappa shape index (κ3) is 5.66. The van der Waals surface area contributed by atoms with Crippen LogP contribution in [0.25, 0.3) is 21.9 Å². The van der Waals surface area contributed by atoms with Gasteiger partial charge in [-0.25, -0.2) is 4.98 Å². The number of imidazole rings is 1. The largest absolute Gasteiger partial charge is 0.494 e. The minimum absolute atomic E-state index is 0.301. The Hall–Kier alpha value is -3.06. The van der Waals surface area contributed by atoms with Crippen molar-refractivity contribution in [2.24, 2.45) is 4.99 Å². The van der Waals surface area contributed by atoms with E-state index in [9.17, 15) is 0 Å². The Kier molecular flexibility index (Phi) is 8.72. The number of hydrogen-bond acceptors (Lipinski definition) is 5. The molecule has 2 aliphatic heterocycles. The summed E-state index contributed by atoms with van der Waals surface area (Å²) in [5.74, 6) is 3.07. The first kappa shape index (κ1) is 24.6. The topological polar surface area (TPSA) is 87.3 Å². The van der Waals surface area contributed by atoms with Crippen molar-refractivity contribution in [3.8, 4) is 0 Å². The first-order chi connectivity index (χ1) is 16.1. The molecule has 1 aromatic carbocycles. The fraction of sp³-hybridized carbons (Fsp3) is 0.462. The van der Waals surface area contributed by atoms with E-state index in [1.165, 1.54) is 11.0 Å². The summed E-state index contributed by atoms with van der Waals surface area (Å²) < 4.78 is 10.2. The summed E-state index contributed by atoms with van der Waals surface area (Å²) in [5, 5.41) is 4.54. The average molecular weight is 452 g/mol. The molecule has 2 unspecified atom stereocenters. The molecule has 0 spiro atoms. The molecule has 3 N–H and O–H groups in total. The number of nitrogens with zero attached hydrogens (tertiary/aromatic N) is 2. The summed E-state index contributed by atoms with van der Waals surface area (Å²) in [6.45, 7) is 11.6. The van der Waals surface area contributed by atoms with Gasteiger partial charge in [0.25, 0.3) is 0 Å². The molecule has 2 atom stereocenters. The van der Waals surface area contributed by atoms with Crippen LogP contribution >= 0.6 is 0 Å². The van der Waals surface area contributed by atoms with E-state index in [1.54, 1.807) is 7.11 Å². The van der Waals surface area contributed by atoms with Gasteiger partial charge in [0.2, 0.25) is 0 Å². The number of hydrogen-bond donors (Lipinski definition) is 3. The van der Waals surface area contributed by atoms with Crippen LogP contribution in [0.15, 0.2) is 52.9 Å². The highest BCUT2D eigenvalue weighted by atomic mass is 16.5. The molecule has 178 valence electrons. The fourth-order valence-electron chi connectivity index (χ4n) is 4.12. The zero-order chi connectivity index (χ0) is 23.8. The maximum atomic E-state index is 5.62. The fourth-order valence-corrected chi connectivity index (χ4v) is 4.12. The number of allylic oxidation sites excluding steroid dienone is 1. The Morgan fingerprint density at radius 3 is 2.67 bits per heavy atom. The van der Waals surface area contributed by atoms with Crippen LogP contribution in [0, 0.1) is 6.92 Å². The Labute approximate surface area is 196 Å². The number of rotatable bonds is 1. The number of aromatic nitrogens is 3. The summed E-state index contributed by atoms with van der Waals surface area (Å²) in [7, 11) is 1.68. The molecule has 0 radical (unpaired) electrons. The number of benzene rings is 1. The lowest BCUT2D eigenvalue weighted by Gasteiger charge is -2.28. The van der Waals surface area contributed by atoms with Gasteiger partial charge in [0.1, 0.15) is 17.6 Å². The number of aliphatic imine (C=N–C) groups is 1. The number of fused-ring (bicyclic) bond motifs is 5. The highest BCUT2D eigenvalue weighted by molar-refractivity contribution is 6.02.